The molecule has 0 spiro atoms. The van der Waals surface area contributed by atoms with Crippen LogP contribution >= 0.6 is 0 Å². The second-order valence-electron chi connectivity index (χ2n) is 4.25. The summed E-state index contributed by atoms with van der Waals surface area (Å²) >= 11 is 0. The molecule has 0 atom stereocenters. The summed E-state index contributed by atoms with van der Waals surface area (Å²) in [6.07, 6.45) is 5.53. The van der Waals surface area contributed by atoms with E-state index < -0.39 is 16.5 Å². The maximum atomic E-state index is 9.65. The third-order valence-corrected chi connectivity index (χ3v) is 3.13. The van der Waals surface area contributed by atoms with Crippen LogP contribution in [-0.4, -0.2) is 14.4 Å². The number of nitrogens with two attached hydrogens (primary N) is 1. The highest BCUT2D eigenvalue weighted by molar-refractivity contribution is 7.61. The van der Waals surface area contributed by atoms with Crippen LogP contribution in [0.2, 0.25) is 0 Å². The molecule has 0 saturated heterocycles. The van der Waals surface area contributed by atoms with Crippen LogP contribution in [0.5, 0.6) is 0 Å². The molecule has 0 bridgehead atoms. The van der Waals surface area contributed by atoms with E-state index in [9.17, 15) is 13.2 Å². The van der Waals surface area contributed by atoms with Crippen molar-refractivity contribution in [3.8, 4) is 0 Å². The minimum absolute atomic E-state index is 1.01. The molecule has 2 amide bonds. The van der Waals surface area contributed by atoms with Gasteiger partial charge in [0.05, 0.1) is 0 Å². The number of allylic oxidation sites excluding steroid dienone is 1. The van der Waals surface area contributed by atoms with E-state index >= 15 is 0 Å². The van der Waals surface area contributed by atoms with Crippen molar-refractivity contribution in [2.45, 2.75) is 6.42 Å². The molecule has 3 rings (SSSR count). The van der Waals surface area contributed by atoms with Crippen molar-refractivity contribution in [1.82, 2.24) is 5.43 Å². The van der Waals surface area contributed by atoms with Crippen LogP contribution in [-0.2, 0) is 16.9 Å². The second-order valence-corrected chi connectivity index (χ2v) is 4.87. The Hall–Kier alpha value is -2.67. The van der Waals surface area contributed by atoms with Gasteiger partial charge < -0.3 is 5.73 Å². The molecule has 1 aliphatic rings. The smallest absolute Gasteiger partial charge is 0.333 e. The fraction of sp³-hybridized carbons (Fsp3) is 0.0714. The Labute approximate surface area is 122 Å². The molecular weight excluding hydrogens is 290 g/mol. The van der Waals surface area contributed by atoms with Crippen molar-refractivity contribution in [2.24, 2.45) is 10.2 Å². The molecule has 0 heterocycles. The molecule has 0 unspecified atom stereocenters. The molecule has 108 valence electrons. The minimum atomic E-state index is -2.62. The van der Waals surface area contributed by atoms with E-state index in [0.29, 0.717) is 0 Å². The summed E-state index contributed by atoms with van der Waals surface area (Å²) in [7, 11) is -2.62. The number of amides is 2. The highest BCUT2D eigenvalue weighted by Crippen LogP contribution is 2.27. The number of primary amides is 1. The van der Waals surface area contributed by atoms with Gasteiger partial charge in [-0.05, 0) is 32.8 Å². The molecule has 2 aromatic rings. The first kappa shape index (κ1) is 14.7. The highest BCUT2D eigenvalue weighted by atomic mass is 32.2. The topological polar surface area (TPSA) is 102 Å². The second kappa shape index (κ2) is 6.67. The number of hydrogen-bond acceptors (Lipinski definition) is 4. The lowest BCUT2D eigenvalue weighted by molar-refractivity contribution is 0.249. The SMILES string of the molecule is C1=Cc2cccc3cccc(c23)C1.NC(=O)NN=S(=O)=O. The van der Waals surface area contributed by atoms with Crippen molar-refractivity contribution in [3.63, 3.8) is 0 Å². The number of carbonyl (C=O) groups excluding carboxylic acids is 1. The molecule has 21 heavy (non-hydrogen) atoms. The van der Waals surface area contributed by atoms with Gasteiger partial charge in [0.2, 0.25) is 0 Å². The number of nitrogens with zero attached hydrogens (tertiary/aromatic N) is 1. The largest absolute Gasteiger partial charge is 0.350 e. The number of hydrogen-bond donors (Lipinski definition) is 2. The molecule has 6 nitrogen and oxygen atoms in total. The Morgan fingerprint density at radius 3 is 2.52 bits per heavy atom. The maximum Gasteiger partial charge on any atom is 0.333 e. The zero-order chi connectivity index (χ0) is 15.2. The van der Waals surface area contributed by atoms with Crippen LogP contribution in [0.25, 0.3) is 16.8 Å². The van der Waals surface area contributed by atoms with Gasteiger partial charge in [-0.3, -0.25) is 0 Å². The predicted octanol–water partition coefficient (Wildman–Crippen LogP) is 2.04. The van der Waals surface area contributed by atoms with Gasteiger partial charge in [-0.15, -0.1) is 0 Å². The third-order valence-electron chi connectivity index (χ3n) is 2.89. The van der Waals surface area contributed by atoms with E-state index in [1.54, 1.807) is 0 Å². The first-order valence-corrected chi connectivity index (χ1v) is 7.14. The third kappa shape index (κ3) is 3.90. The highest BCUT2D eigenvalue weighted by Gasteiger charge is 2.06. The summed E-state index contributed by atoms with van der Waals surface area (Å²) in [5.74, 6) is 0. The van der Waals surface area contributed by atoms with Crippen molar-refractivity contribution >= 4 is 33.4 Å². The van der Waals surface area contributed by atoms with Gasteiger partial charge in [0.15, 0.2) is 0 Å². The van der Waals surface area contributed by atoms with Crippen molar-refractivity contribution < 1.29 is 13.2 Å². The fourth-order valence-corrected chi connectivity index (χ4v) is 2.32. The Morgan fingerprint density at radius 1 is 1.19 bits per heavy atom. The average Bonchev–Trinajstić information content (AvgIpc) is 2.47. The van der Waals surface area contributed by atoms with Crippen molar-refractivity contribution in [2.75, 3.05) is 0 Å². The summed E-state index contributed by atoms with van der Waals surface area (Å²) < 4.78 is 21.4. The van der Waals surface area contributed by atoms with Crippen LogP contribution in [0.4, 0.5) is 4.79 Å². The van der Waals surface area contributed by atoms with E-state index in [-0.39, 0.29) is 0 Å². The zero-order valence-electron chi connectivity index (χ0n) is 11.0. The van der Waals surface area contributed by atoms with Gasteiger partial charge in [0.25, 0.3) is 0 Å². The Kier molecular flexibility index (Phi) is 4.68. The average molecular weight is 303 g/mol. The van der Waals surface area contributed by atoms with Crippen LogP contribution < -0.4 is 11.2 Å². The number of carbonyl (C=O) groups is 1. The Balaban J connectivity index is 0.000000177. The minimum Gasteiger partial charge on any atom is -0.350 e. The molecule has 0 fully saturated rings. The lowest BCUT2D eigenvalue weighted by atomic mass is 9.93. The summed E-state index contributed by atoms with van der Waals surface area (Å²) in [4.78, 5) is 9.65. The summed E-state index contributed by atoms with van der Waals surface area (Å²) in [5, 5.41) is 2.80. The summed E-state index contributed by atoms with van der Waals surface area (Å²) in [6, 6.07) is 12.0. The lowest BCUT2D eigenvalue weighted by Crippen LogP contribution is -2.23. The maximum absolute atomic E-state index is 9.65. The Morgan fingerprint density at radius 2 is 1.90 bits per heavy atom. The van der Waals surface area contributed by atoms with Gasteiger partial charge in [0.1, 0.15) is 0 Å². The molecule has 0 aliphatic heterocycles. The predicted molar refractivity (Wildman–Crippen MR) is 80.8 cm³/mol. The van der Waals surface area contributed by atoms with E-state index in [4.69, 9.17) is 0 Å². The van der Waals surface area contributed by atoms with Crippen molar-refractivity contribution in [3.05, 3.63) is 53.6 Å². The lowest BCUT2D eigenvalue weighted by Gasteiger charge is -2.11. The molecule has 0 aromatic heterocycles. The molecular formula is C14H13N3O3S. The molecule has 0 saturated carbocycles. The van der Waals surface area contributed by atoms with E-state index in [0.717, 1.165) is 6.42 Å². The first-order chi connectivity index (χ1) is 10.1. The summed E-state index contributed by atoms with van der Waals surface area (Å²) in [5.41, 5.74) is 8.73. The molecule has 2 aromatic carbocycles. The van der Waals surface area contributed by atoms with E-state index in [1.165, 1.54) is 27.3 Å². The standard InChI is InChI=1S/C13H10.CH3N3O3S/c1-4-10-6-2-8-12-9-3-7-11(5-1)13(10)12;2-1(5)3-4-8(6)7/h1-8H,9H2;(H3,2,3,5). The first-order valence-electron chi connectivity index (χ1n) is 6.10. The van der Waals surface area contributed by atoms with Crippen LogP contribution in [0.3, 0.4) is 0 Å². The molecule has 7 heteroatoms. The monoisotopic (exact) mass is 303 g/mol. The van der Waals surface area contributed by atoms with Gasteiger partial charge in [-0.25, -0.2) is 10.2 Å². The summed E-state index contributed by atoms with van der Waals surface area (Å²) in [6.45, 7) is 0. The molecule has 0 radical (unpaired) electrons. The molecule has 3 N–H and O–H groups in total. The molecule has 1 aliphatic carbocycles. The van der Waals surface area contributed by atoms with Gasteiger partial charge in [-0.1, -0.05) is 48.6 Å². The van der Waals surface area contributed by atoms with E-state index in [1.807, 2.05) is 0 Å². The van der Waals surface area contributed by atoms with Crippen LogP contribution in [0.15, 0.2) is 46.9 Å². The van der Waals surface area contributed by atoms with Crippen molar-refractivity contribution in [1.29, 1.82) is 0 Å². The van der Waals surface area contributed by atoms with Crippen LogP contribution in [0, 0.1) is 0 Å². The number of benzene rings is 2. The van der Waals surface area contributed by atoms with Gasteiger partial charge in [0, 0.05) is 0 Å². The zero-order valence-corrected chi connectivity index (χ0v) is 11.8. The normalized spacial score (nSPS) is 11.2. The number of rotatable bonds is 1. The van der Waals surface area contributed by atoms with E-state index in [2.05, 4.69) is 58.8 Å². The number of nitrogens with one attached hydrogen (secondary N) is 1. The van der Waals surface area contributed by atoms with Gasteiger partial charge in [-0.2, -0.15) is 8.42 Å². The Bertz CT molecular complexity index is 828. The fourth-order valence-electron chi connectivity index (χ4n) is 2.15. The quantitative estimate of drug-likeness (QED) is 0.788. The number of urea groups is 1. The van der Waals surface area contributed by atoms with Gasteiger partial charge >= 0.3 is 16.5 Å². The van der Waals surface area contributed by atoms with Crippen LogP contribution in [0.1, 0.15) is 11.1 Å².